The molecule has 0 saturated carbocycles. The van der Waals surface area contributed by atoms with Crippen LogP contribution in [-0.4, -0.2) is 9.38 Å². The third-order valence-corrected chi connectivity index (χ3v) is 3.98. The van der Waals surface area contributed by atoms with E-state index in [0.717, 1.165) is 17.0 Å². The molecule has 0 aliphatic rings. The van der Waals surface area contributed by atoms with Gasteiger partial charge in [0.1, 0.15) is 0 Å². The molecule has 0 radical (unpaired) electrons. The fourth-order valence-electron chi connectivity index (χ4n) is 2.56. The van der Waals surface area contributed by atoms with Gasteiger partial charge in [-0.2, -0.15) is 0 Å². The number of anilines is 1. The Balaban J connectivity index is 2.32. The number of imidazole rings is 1. The van der Waals surface area contributed by atoms with Gasteiger partial charge in [0, 0.05) is 17.5 Å². The highest BCUT2D eigenvalue weighted by Gasteiger charge is 2.15. The highest BCUT2D eigenvalue weighted by atomic mass is 35.5. The Kier molecular flexibility index (Phi) is 2.94. The highest BCUT2D eigenvalue weighted by molar-refractivity contribution is 6.33. The first kappa shape index (κ1) is 13.0. The van der Waals surface area contributed by atoms with Crippen LogP contribution in [0.3, 0.4) is 0 Å². The lowest BCUT2D eigenvalue weighted by atomic mass is 10.0. The molecule has 0 aliphatic heterocycles. The largest absolute Gasteiger partial charge is 0.394 e. The maximum absolute atomic E-state index is 6.07. The van der Waals surface area contributed by atoms with Crippen LogP contribution in [0.4, 0.5) is 5.69 Å². The monoisotopic (exact) mass is 285 g/mol. The van der Waals surface area contributed by atoms with Gasteiger partial charge < -0.3 is 10.1 Å². The summed E-state index contributed by atoms with van der Waals surface area (Å²) in [7, 11) is 0. The molecule has 0 spiro atoms. The number of nitrogens with two attached hydrogens (primary N) is 1. The van der Waals surface area contributed by atoms with Gasteiger partial charge in [-0.25, -0.2) is 4.98 Å². The second-order valence-electron chi connectivity index (χ2n) is 5.14. The molecule has 20 heavy (non-hydrogen) atoms. The number of nitrogen functional groups attached to an aromatic ring is 1. The summed E-state index contributed by atoms with van der Waals surface area (Å²) < 4.78 is 1.98. The van der Waals surface area contributed by atoms with Gasteiger partial charge >= 0.3 is 0 Å². The van der Waals surface area contributed by atoms with Crippen molar-refractivity contribution in [1.29, 1.82) is 0 Å². The van der Waals surface area contributed by atoms with Crippen LogP contribution in [0.2, 0.25) is 5.02 Å². The summed E-state index contributed by atoms with van der Waals surface area (Å²) in [5.41, 5.74) is 12.9. The van der Waals surface area contributed by atoms with Crippen LogP contribution >= 0.6 is 11.6 Å². The summed E-state index contributed by atoms with van der Waals surface area (Å²) >= 11 is 6.07. The topological polar surface area (TPSA) is 43.3 Å². The lowest BCUT2D eigenvalue weighted by molar-refractivity contribution is 1.11. The Hall–Kier alpha value is -2.00. The normalized spacial score (nSPS) is 11.2. The third-order valence-electron chi connectivity index (χ3n) is 3.66. The van der Waals surface area contributed by atoms with Crippen molar-refractivity contribution in [3.63, 3.8) is 0 Å². The Bertz CT molecular complexity index is 818. The minimum Gasteiger partial charge on any atom is -0.394 e. The standard InChI is InChI=1S/C16H16ClN3/c1-9-4-5-12(10(2)8-9)15-11(3)20-7-6-13(17)14(18)16(20)19-15/h4-8H,18H2,1-3H3. The van der Waals surface area contributed by atoms with Crippen molar-refractivity contribution < 1.29 is 0 Å². The van der Waals surface area contributed by atoms with E-state index in [1.54, 1.807) is 6.07 Å². The van der Waals surface area contributed by atoms with Crippen LogP contribution in [0, 0.1) is 20.8 Å². The average Bonchev–Trinajstić information content (AvgIpc) is 2.72. The number of rotatable bonds is 1. The van der Waals surface area contributed by atoms with Crippen molar-refractivity contribution in [3.8, 4) is 11.3 Å². The molecule has 1 aromatic carbocycles. The van der Waals surface area contributed by atoms with Gasteiger partial charge in [0.15, 0.2) is 5.65 Å². The molecule has 3 rings (SSSR count). The number of benzene rings is 1. The first-order chi connectivity index (χ1) is 9.49. The quantitative estimate of drug-likeness (QED) is 0.729. The van der Waals surface area contributed by atoms with Crippen molar-refractivity contribution in [2.24, 2.45) is 0 Å². The molecule has 3 aromatic rings. The van der Waals surface area contributed by atoms with E-state index in [0.29, 0.717) is 16.4 Å². The summed E-state index contributed by atoms with van der Waals surface area (Å²) in [6.45, 7) is 6.23. The van der Waals surface area contributed by atoms with Crippen molar-refractivity contribution in [1.82, 2.24) is 9.38 Å². The zero-order valence-electron chi connectivity index (χ0n) is 11.7. The van der Waals surface area contributed by atoms with E-state index in [9.17, 15) is 0 Å². The number of nitrogens with zero attached hydrogens (tertiary/aromatic N) is 2. The molecular formula is C16H16ClN3. The first-order valence-electron chi connectivity index (χ1n) is 6.49. The predicted octanol–water partition coefficient (Wildman–Crippen LogP) is 4.16. The molecule has 0 aliphatic carbocycles. The molecular weight excluding hydrogens is 270 g/mol. The van der Waals surface area contributed by atoms with Gasteiger partial charge in [0.05, 0.1) is 16.4 Å². The van der Waals surface area contributed by atoms with Crippen molar-refractivity contribution >= 4 is 22.9 Å². The van der Waals surface area contributed by atoms with E-state index < -0.39 is 0 Å². The summed E-state index contributed by atoms with van der Waals surface area (Å²) in [6.07, 6.45) is 1.91. The Morgan fingerprint density at radius 3 is 2.60 bits per heavy atom. The van der Waals surface area contributed by atoms with Gasteiger partial charge in [-0.05, 0) is 32.4 Å². The summed E-state index contributed by atoms with van der Waals surface area (Å²) in [6, 6.07) is 8.17. The minimum absolute atomic E-state index is 0.522. The van der Waals surface area contributed by atoms with Crippen LogP contribution in [0.5, 0.6) is 0 Å². The van der Waals surface area contributed by atoms with Gasteiger partial charge in [-0.15, -0.1) is 0 Å². The molecule has 0 saturated heterocycles. The second kappa shape index (κ2) is 4.53. The summed E-state index contributed by atoms with van der Waals surface area (Å²) in [5.74, 6) is 0. The molecule has 4 heteroatoms. The third kappa shape index (κ3) is 1.86. The Morgan fingerprint density at radius 1 is 1.15 bits per heavy atom. The number of hydrogen-bond acceptors (Lipinski definition) is 2. The molecule has 0 unspecified atom stereocenters. The van der Waals surface area contributed by atoms with E-state index in [-0.39, 0.29) is 0 Å². The summed E-state index contributed by atoms with van der Waals surface area (Å²) in [5, 5.41) is 0.537. The van der Waals surface area contributed by atoms with Crippen molar-refractivity contribution in [3.05, 3.63) is 52.3 Å². The van der Waals surface area contributed by atoms with Crippen LogP contribution in [0.25, 0.3) is 16.9 Å². The number of aromatic nitrogens is 2. The van der Waals surface area contributed by atoms with E-state index in [1.807, 2.05) is 17.5 Å². The zero-order valence-corrected chi connectivity index (χ0v) is 12.5. The molecule has 0 bridgehead atoms. The first-order valence-corrected chi connectivity index (χ1v) is 6.87. The lowest BCUT2D eigenvalue weighted by Gasteiger charge is -2.05. The van der Waals surface area contributed by atoms with Gasteiger partial charge in [-0.3, -0.25) is 0 Å². The molecule has 0 fully saturated rings. The number of pyridine rings is 1. The van der Waals surface area contributed by atoms with Crippen LogP contribution in [-0.2, 0) is 0 Å². The molecule has 3 nitrogen and oxygen atoms in total. The van der Waals surface area contributed by atoms with E-state index in [4.69, 9.17) is 17.3 Å². The van der Waals surface area contributed by atoms with Gasteiger partial charge in [0.25, 0.3) is 0 Å². The molecule has 2 heterocycles. The zero-order chi connectivity index (χ0) is 14.4. The van der Waals surface area contributed by atoms with E-state index >= 15 is 0 Å². The van der Waals surface area contributed by atoms with Crippen LogP contribution < -0.4 is 5.73 Å². The fraction of sp³-hybridized carbons (Fsp3) is 0.188. The van der Waals surface area contributed by atoms with E-state index in [1.165, 1.54) is 11.1 Å². The number of halogens is 1. The maximum Gasteiger partial charge on any atom is 0.162 e. The summed E-state index contributed by atoms with van der Waals surface area (Å²) in [4.78, 5) is 4.69. The predicted molar refractivity (Wildman–Crippen MR) is 84.3 cm³/mol. The molecule has 0 amide bonds. The minimum atomic E-state index is 0.522. The number of hydrogen-bond donors (Lipinski definition) is 1. The number of aryl methyl sites for hydroxylation is 3. The second-order valence-corrected chi connectivity index (χ2v) is 5.54. The van der Waals surface area contributed by atoms with Crippen LogP contribution in [0.1, 0.15) is 16.8 Å². The average molecular weight is 286 g/mol. The Labute approximate surface area is 123 Å². The van der Waals surface area contributed by atoms with Gasteiger partial charge in [0.2, 0.25) is 0 Å². The molecule has 2 N–H and O–H groups in total. The van der Waals surface area contributed by atoms with Gasteiger partial charge in [-0.1, -0.05) is 35.4 Å². The lowest BCUT2D eigenvalue weighted by Crippen LogP contribution is -1.94. The van der Waals surface area contributed by atoms with Crippen molar-refractivity contribution in [2.75, 3.05) is 5.73 Å². The smallest absolute Gasteiger partial charge is 0.162 e. The fourth-order valence-corrected chi connectivity index (χ4v) is 2.70. The van der Waals surface area contributed by atoms with E-state index in [2.05, 4.69) is 37.0 Å². The number of fused-ring (bicyclic) bond motifs is 1. The van der Waals surface area contributed by atoms with Crippen LogP contribution in [0.15, 0.2) is 30.5 Å². The highest BCUT2D eigenvalue weighted by Crippen LogP contribution is 2.31. The molecule has 2 aromatic heterocycles. The molecule has 102 valence electrons. The maximum atomic E-state index is 6.07. The van der Waals surface area contributed by atoms with Crippen molar-refractivity contribution in [2.45, 2.75) is 20.8 Å². The SMILES string of the molecule is Cc1ccc(-c2nc3c(N)c(Cl)ccn3c2C)c(C)c1. The molecule has 0 atom stereocenters. The Morgan fingerprint density at radius 2 is 1.90 bits per heavy atom.